The number of hydrogen-bond donors (Lipinski definition) is 1. The molecule has 0 unspecified atom stereocenters. The van der Waals surface area contributed by atoms with Crippen LogP contribution in [-0.4, -0.2) is 18.2 Å². The van der Waals surface area contributed by atoms with Gasteiger partial charge in [0.15, 0.2) is 0 Å². The number of nitrogens with zero attached hydrogens (tertiary/aromatic N) is 1. The number of carbonyl (C=O) groups is 1. The summed E-state index contributed by atoms with van der Waals surface area (Å²) in [6.45, 7) is 1.58. The van der Waals surface area contributed by atoms with Crippen LogP contribution in [0.3, 0.4) is 0 Å². The SMILES string of the molecule is C[C@H](O/N=C\c1ccc(Br)cc1)C(=O)Nc1ccc(F)cc1. The normalized spacial score (nSPS) is 12.1. The standard InChI is InChI=1S/C16H14BrFN2O2/c1-11(16(21)20-15-8-6-14(18)7-9-15)22-19-10-12-2-4-13(17)5-3-12/h2-11H,1H3,(H,20,21)/b19-10-/t11-/m0/s1. The molecule has 0 fully saturated rings. The average molecular weight is 365 g/mol. The second-order valence-corrected chi connectivity index (χ2v) is 5.45. The van der Waals surface area contributed by atoms with Gasteiger partial charge < -0.3 is 10.2 Å². The molecule has 0 heterocycles. The molecule has 0 bridgehead atoms. The van der Waals surface area contributed by atoms with Crippen molar-refractivity contribution in [3.05, 3.63) is 64.4 Å². The molecule has 2 aromatic rings. The van der Waals surface area contributed by atoms with E-state index in [1.165, 1.54) is 30.5 Å². The predicted molar refractivity (Wildman–Crippen MR) is 87.3 cm³/mol. The quantitative estimate of drug-likeness (QED) is 0.644. The first-order valence-electron chi connectivity index (χ1n) is 6.56. The van der Waals surface area contributed by atoms with Crippen LogP contribution in [0.5, 0.6) is 0 Å². The van der Waals surface area contributed by atoms with Gasteiger partial charge in [0.05, 0.1) is 6.21 Å². The van der Waals surface area contributed by atoms with Crippen LogP contribution in [0.15, 0.2) is 58.2 Å². The minimum atomic E-state index is -0.767. The van der Waals surface area contributed by atoms with Crippen molar-refractivity contribution in [2.75, 3.05) is 5.32 Å². The highest BCUT2D eigenvalue weighted by Gasteiger charge is 2.14. The van der Waals surface area contributed by atoms with Gasteiger partial charge in [0.2, 0.25) is 6.10 Å². The van der Waals surface area contributed by atoms with Crippen molar-refractivity contribution in [1.29, 1.82) is 0 Å². The Morgan fingerprint density at radius 3 is 2.50 bits per heavy atom. The van der Waals surface area contributed by atoms with Crippen LogP contribution in [0.1, 0.15) is 12.5 Å². The van der Waals surface area contributed by atoms with Crippen LogP contribution in [0.25, 0.3) is 0 Å². The lowest BCUT2D eigenvalue weighted by Gasteiger charge is -2.10. The molecule has 2 aromatic carbocycles. The van der Waals surface area contributed by atoms with Gasteiger partial charge in [0.1, 0.15) is 5.82 Å². The van der Waals surface area contributed by atoms with Crippen LogP contribution in [0.4, 0.5) is 10.1 Å². The van der Waals surface area contributed by atoms with Gasteiger partial charge in [-0.2, -0.15) is 0 Å². The fraction of sp³-hybridized carbons (Fsp3) is 0.125. The highest BCUT2D eigenvalue weighted by atomic mass is 79.9. The Balaban J connectivity index is 1.85. The van der Waals surface area contributed by atoms with Crippen LogP contribution in [-0.2, 0) is 9.63 Å². The zero-order valence-corrected chi connectivity index (χ0v) is 13.4. The molecule has 2 rings (SSSR count). The number of hydrogen-bond acceptors (Lipinski definition) is 3. The minimum absolute atomic E-state index is 0.360. The second kappa shape index (κ2) is 7.70. The molecule has 1 amide bonds. The molecule has 22 heavy (non-hydrogen) atoms. The third-order valence-electron chi connectivity index (χ3n) is 2.77. The summed E-state index contributed by atoms with van der Waals surface area (Å²) in [5.41, 5.74) is 1.35. The number of amides is 1. The van der Waals surface area contributed by atoms with Gasteiger partial charge in [-0.25, -0.2) is 4.39 Å². The molecular formula is C16H14BrFN2O2. The molecule has 114 valence electrons. The first kappa shape index (κ1) is 16.2. The van der Waals surface area contributed by atoms with Crippen molar-refractivity contribution in [3.63, 3.8) is 0 Å². The molecule has 0 aliphatic carbocycles. The van der Waals surface area contributed by atoms with E-state index in [0.717, 1.165) is 10.0 Å². The summed E-state index contributed by atoms with van der Waals surface area (Å²) in [4.78, 5) is 17.0. The van der Waals surface area contributed by atoms with Gasteiger partial charge in [-0.1, -0.05) is 33.2 Å². The summed E-state index contributed by atoms with van der Waals surface area (Å²) in [7, 11) is 0. The van der Waals surface area contributed by atoms with Crippen LogP contribution in [0.2, 0.25) is 0 Å². The number of benzene rings is 2. The van der Waals surface area contributed by atoms with Crippen molar-refractivity contribution in [3.8, 4) is 0 Å². The zero-order valence-electron chi connectivity index (χ0n) is 11.8. The van der Waals surface area contributed by atoms with Crippen LogP contribution < -0.4 is 5.32 Å². The highest BCUT2D eigenvalue weighted by Crippen LogP contribution is 2.10. The lowest BCUT2D eigenvalue weighted by atomic mass is 10.2. The van der Waals surface area contributed by atoms with E-state index in [1.54, 1.807) is 6.92 Å². The highest BCUT2D eigenvalue weighted by molar-refractivity contribution is 9.10. The molecular weight excluding hydrogens is 351 g/mol. The van der Waals surface area contributed by atoms with Gasteiger partial charge in [-0.3, -0.25) is 4.79 Å². The predicted octanol–water partition coefficient (Wildman–Crippen LogP) is 3.97. The molecule has 0 saturated heterocycles. The summed E-state index contributed by atoms with van der Waals surface area (Å²) in [5.74, 6) is -0.721. The van der Waals surface area contributed by atoms with Crippen LogP contribution >= 0.6 is 15.9 Å². The van der Waals surface area contributed by atoms with E-state index in [0.29, 0.717) is 5.69 Å². The largest absolute Gasteiger partial charge is 0.383 e. The number of halogens is 2. The van der Waals surface area contributed by atoms with Gasteiger partial charge in [0, 0.05) is 10.2 Å². The number of nitrogens with one attached hydrogen (secondary N) is 1. The van der Waals surface area contributed by atoms with E-state index >= 15 is 0 Å². The van der Waals surface area contributed by atoms with E-state index < -0.39 is 6.10 Å². The van der Waals surface area contributed by atoms with Crippen molar-refractivity contribution >= 4 is 33.7 Å². The van der Waals surface area contributed by atoms with E-state index in [4.69, 9.17) is 4.84 Å². The van der Waals surface area contributed by atoms with Gasteiger partial charge in [0.25, 0.3) is 5.91 Å². The second-order valence-electron chi connectivity index (χ2n) is 4.53. The maximum atomic E-state index is 12.8. The number of oxime groups is 1. The topological polar surface area (TPSA) is 50.7 Å². The summed E-state index contributed by atoms with van der Waals surface area (Å²) in [6, 6.07) is 13.0. The molecule has 0 radical (unpaired) electrons. The van der Waals surface area contributed by atoms with E-state index in [-0.39, 0.29) is 11.7 Å². The number of anilines is 1. The van der Waals surface area contributed by atoms with Crippen molar-refractivity contribution in [1.82, 2.24) is 0 Å². The number of carbonyl (C=O) groups excluding carboxylic acids is 1. The maximum Gasteiger partial charge on any atom is 0.267 e. The Bertz CT molecular complexity index is 657. The molecule has 0 aromatic heterocycles. The van der Waals surface area contributed by atoms with Crippen molar-refractivity contribution in [2.45, 2.75) is 13.0 Å². The molecule has 1 N–H and O–H groups in total. The monoisotopic (exact) mass is 364 g/mol. The maximum absolute atomic E-state index is 12.8. The Hall–Kier alpha value is -2.21. The number of rotatable bonds is 5. The summed E-state index contributed by atoms with van der Waals surface area (Å²) < 4.78 is 13.7. The molecule has 0 spiro atoms. The summed E-state index contributed by atoms with van der Waals surface area (Å²) in [5, 5.41) is 6.40. The van der Waals surface area contributed by atoms with Gasteiger partial charge >= 0.3 is 0 Å². The Morgan fingerprint density at radius 1 is 1.23 bits per heavy atom. The molecule has 0 aliphatic heterocycles. The van der Waals surface area contributed by atoms with Crippen molar-refractivity contribution in [2.24, 2.45) is 5.16 Å². The van der Waals surface area contributed by atoms with Crippen molar-refractivity contribution < 1.29 is 14.0 Å². The summed E-state index contributed by atoms with van der Waals surface area (Å²) in [6.07, 6.45) is 0.755. The Morgan fingerprint density at radius 2 is 1.86 bits per heavy atom. The zero-order chi connectivity index (χ0) is 15.9. The van der Waals surface area contributed by atoms with E-state index in [2.05, 4.69) is 26.4 Å². The molecule has 0 saturated carbocycles. The van der Waals surface area contributed by atoms with Gasteiger partial charge in [-0.05, 0) is 48.9 Å². The van der Waals surface area contributed by atoms with Crippen LogP contribution in [0, 0.1) is 5.82 Å². The smallest absolute Gasteiger partial charge is 0.267 e. The lowest BCUT2D eigenvalue weighted by molar-refractivity contribution is -0.126. The molecule has 1 atom stereocenters. The third-order valence-corrected chi connectivity index (χ3v) is 3.30. The fourth-order valence-electron chi connectivity index (χ4n) is 1.56. The van der Waals surface area contributed by atoms with E-state index in [1.807, 2.05) is 24.3 Å². The summed E-state index contributed by atoms with van der Waals surface area (Å²) >= 11 is 3.34. The van der Waals surface area contributed by atoms with Gasteiger partial charge in [-0.15, -0.1) is 0 Å². The lowest BCUT2D eigenvalue weighted by Crippen LogP contribution is -2.26. The first-order valence-corrected chi connectivity index (χ1v) is 7.35. The Kier molecular flexibility index (Phi) is 5.66. The minimum Gasteiger partial charge on any atom is -0.383 e. The first-order chi connectivity index (χ1) is 10.5. The Labute approximate surface area is 136 Å². The fourth-order valence-corrected chi connectivity index (χ4v) is 1.82. The third kappa shape index (κ3) is 4.96. The molecule has 4 nitrogen and oxygen atoms in total. The average Bonchev–Trinajstić information content (AvgIpc) is 2.51. The molecule has 6 heteroatoms. The van der Waals surface area contributed by atoms with E-state index in [9.17, 15) is 9.18 Å². The molecule has 0 aliphatic rings.